The molecule has 1 aromatic heterocycles. The van der Waals surface area contributed by atoms with Crippen LogP contribution in [0.15, 0.2) is 12.1 Å². The summed E-state index contributed by atoms with van der Waals surface area (Å²) in [7, 11) is 1.74. The van der Waals surface area contributed by atoms with E-state index in [2.05, 4.69) is 10.2 Å². The smallest absolute Gasteiger partial charge is 0.255 e. The molecule has 0 atom stereocenters. The van der Waals surface area contributed by atoms with Crippen molar-refractivity contribution in [2.45, 2.75) is 26.7 Å². The SMILES string of the molecule is Cc1cc(Cl)c(C(=O)N(C)CCCc2[nH]nc(N)c2C#N)cc1C. The number of carbonyl (C=O) groups excluding carboxylic acids is 1. The topological polar surface area (TPSA) is 98.8 Å². The first-order valence-corrected chi connectivity index (χ1v) is 7.98. The van der Waals surface area contributed by atoms with Crippen molar-refractivity contribution in [2.24, 2.45) is 0 Å². The Morgan fingerprint density at radius 2 is 2.08 bits per heavy atom. The van der Waals surface area contributed by atoms with Crippen molar-refractivity contribution in [1.82, 2.24) is 15.1 Å². The van der Waals surface area contributed by atoms with Crippen LogP contribution in [0.3, 0.4) is 0 Å². The molecule has 0 saturated carbocycles. The Labute approximate surface area is 146 Å². The third-order valence-electron chi connectivity index (χ3n) is 4.06. The van der Waals surface area contributed by atoms with Crippen molar-refractivity contribution in [1.29, 1.82) is 5.26 Å². The second-order valence-corrected chi connectivity index (χ2v) is 6.23. The standard InChI is InChI=1S/C17H20ClN5O/c1-10-7-12(14(18)8-11(10)2)17(24)23(3)6-4-5-15-13(9-19)16(20)22-21-15/h7-8H,4-6H2,1-3H3,(H3,20,21,22). The number of nitrogens with zero attached hydrogens (tertiary/aromatic N) is 3. The second-order valence-electron chi connectivity index (χ2n) is 5.82. The fraction of sp³-hybridized carbons (Fsp3) is 0.353. The minimum Gasteiger partial charge on any atom is -0.381 e. The number of nitrogen functional groups attached to an aromatic ring is 1. The maximum absolute atomic E-state index is 12.5. The van der Waals surface area contributed by atoms with Crippen molar-refractivity contribution in [2.75, 3.05) is 19.3 Å². The maximum atomic E-state index is 12.5. The molecule has 24 heavy (non-hydrogen) atoms. The number of H-pyrrole nitrogens is 1. The molecule has 1 heterocycles. The number of carbonyl (C=O) groups is 1. The predicted octanol–water partition coefficient (Wildman–Crippen LogP) is 2.84. The molecular formula is C17H20ClN5O. The minimum atomic E-state index is -0.118. The van der Waals surface area contributed by atoms with Crippen molar-refractivity contribution in [3.63, 3.8) is 0 Å². The van der Waals surface area contributed by atoms with Gasteiger partial charge in [0, 0.05) is 13.6 Å². The first-order chi connectivity index (χ1) is 11.3. The van der Waals surface area contributed by atoms with Gasteiger partial charge in [-0.1, -0.05) is 11.6 Å². The van der Waals surface area contributed by atoms with Crippen LogP contribution < -0.4 is 5.73 Å². The summed E-state index contributed by atoms with van der Waals surface area (Å²) in [6.07, 6.45) is 1.27. The van der Waals surface area contributed by atoms with Gasteiger partial charge in [0.25, 0.3) is 5.91 Å². The lowest BCUT2D eigenvalue weighted by Gasteiger charge is -2.18. The van der Waals surface area contributed by atoms with Crippen molar-refractivity contribution >= 4 is 23.3 Å². The minimum absolute atomic E-state index is 0.118. The molecule has 7 heteroatoms. The highest BCUT2D eigenvalue weighted by Crippen LogP contribution is 2.22. The van der Waals surface area contributed by atoms with Gasteiger partial charge < -0.3 is 10.6 Å². The van der Waals surface area contributed by atoms with E-state index in [1.807, 2.05) is 32.0 Å². The quantitative estimate of drug-likeness (QED) is 0.870. The number of aryl methyl sites for hydroxylation is 3. The highest BCUT2D eigenvalue weighted by molar-refractivity contribution is 6.33. The molecule has 0 aliphatic carbocycles. The van der Waals surface area contributed by atoms with Gasteiger partial charge in [-0.05, 0) is 49.9 Å². The van der Waals surface area contributed by atoms with Crippen molar-refractivity contribution in [3.8, 4) is 6.07 Å². The summed E-state index contributed by atoms with van der Waals surface area (Å²) < 4.78 is 0. The van der Waals surface area contributed by atoms with Gasteiger partial charge in [0.05, 0.1) is 16.3 Å². The molecule has 1 amide bonds. The van der Waals surface area contributed by atoms with E-state index in [4.69, 9.17) is 22.6 Å². The van der Waals surface area contributed by atoms with Crippen LogP contribution in [0.5, 0.6) is 0 Å². The zero-order valence-electron chi connectivity index (χ0n) is 14.0. The highest BCUT2D eigenvalue weighted by Gasteiger charge is 2.17. The number of nitrogens with two attached hydrogens (primary N) is 1. The normalized spacial score (nSPS) is 10.5. The maximum Gasteiger partial charge on any atom is 0.255 e. The van der Waals surface area contributed by atoms with Crippen LogP contribution in [0.4, 0.5) is 5.82 Å². The number of nitriles is 1. The van der Waals surface area contributed by atoms with E-state index in [9.17, 15) is 4.79 Å². The fourth-order valence-electron chi connectivity index (χ4n) is 2.44. The molecule has 2 rings (SSSR count). The predicted molar refractivity (Wildman–Crippen MR) is 93.9 cm³/mol. The molecule has 1 aromatic carbocycles. The third kappa shape index (κ3) is 3.69. The molecule has 0 radical (unpaired) electrons. The fourth-order valence-corrected chi connectivity index (χ4v) is 2.74. The Bertz CT molecular complexity index is 806. The van der Waals surface area contributed by atoms with E-state index in [0.717, 1.165) is 11.1 Å². The molecule has 2 aromatic rings. The molecule has 0 aliphatic heterocycles. The van der Waals surface area contributed by atoms with Gasteiger partial charge >= 0.3 is 0 Å². The second kappa shape index (κ2) is 7.37. The molecule has 6 nitrogen and oxygen atoms in total. The number of anilines is 1. The molecule has 0 fully saturated rings. The molecule has 0 spiro atoms. The van der Waals surface area contributed by atoms with Crippen LogP contribution in [-0.4, -0.2) is 34.6 Å². The Hall–Kier alpha value is -2.52. The third-order valence-corrected chi connectivity index (χ3v) is 4.37. The van der Waals surface area contributed by atoms with E-state index >= 15 is 0 Å². The van der Waals surface area contributed by atoms with E-state index in [-0.39, 0.29) is 11.7 Å². The lowest BCUT2D eigenvalue weighted by molar-refractivity contribution is 0.0793. The van der Waals surface area contributed by atoms with Gasteiger partial charge in [-0.25, -0.2) is 0 Å². The molecule has 0 saturated heterocycles. The zero-order valence-corrected chi connectivity index (χ0v) is 14.7. The van der Waals surface area contributed by atoms with Gasteiger partial charge in [0.2, 0.25) is 0 Å². The number of benzene rings is 1. The van der Waals surface area contributed by atoms with Gasteiger partial charge in [-0.3, -0.25) is 9.89 Å². The summed E-state index contributed by atoms with van der Waals surface area (Å²) in [5.41, 5.74) is 9.27. The summed E-state index contributed by atoms with van der Waals surface area (Å²) in [6.45, 7) is 4.45. The lowest BCUT2D eigenvalue weighted by Crippen LogP contribution is -2.28. The Morgan fingerprint density at radius 3 is 2.75 bits per heavy atom. The Balaban J connectivity index is 2.00. The number of nitrogens with one attached hydrogen (secondary N) is 1. The number of aromatic nitrogens is 2. The van der Waals surface area contributed by atoms with Crippen LogP contribution in [0.25, 0.3) is 0 Å². The zero-order chi connectivity index (χ0) is 17.9. The number of aromatic amines is 1. The summed E-state index contributed by atoms with van der Waals surface area (Å²) >= 11 is 6.20. The average Bonchev–Trinajstić information content (AvgIpc) is 2.90. The molecule has 3 N–H and O–H groups in total. The number of rotatable bonds is 5. The van der Waals surface area contributed by atoms with Crippen molar-refractivity contribution in [3.05, 3.63) is 45.1 Å². The van der Waals surface area contributed by atoms with Gasteiger partial charge in [-0.2, -0.15) is 10.4 Å². The molecule has 0 unspecified atom stereocenters. The monoisotopic (exact) mass is 345 g/mol. The Kier molecular flexibility index (Phi) is 5.47. The molecule has 126 valence electrons. The van der Waals surface area contributed by atoms with Gasteiger partial charge in [0.1, 0.15) is 11.6 Å². The van der Waals surface area contributed by atoms with Crippen LogP contribution in [0.2, 0.25) is 5.02 Å². The van der Waals surface area contributed by atoms with Gasteiger partial charge in [-0.15, -0.1) is 0 Å². The van der Waals surface area contributed by atoms with Crippen LogP contribution in [0.1, 0.15) is 39.2 Å². The largest absolute Gasteiger partial charge is 0.381 e. The average molecular weight is 346 g/mol. The summed E-state index contributed by atoms with van der Waals surface area (Å²) in [6, 6.07) is 5.66. The first-order valence-electron chi connectivity index (χ1n) is 7.60. The molecule has 0 bridgehead atoms. The number of hydrogen-bond acceptors (Lipinski definition) is 4. The van der Waals surface area contributed by atoms with Crippen molar-refractivity contribution < 1.29 is 4.79 Å². The Morgan fingerprint density at radius 1 is 1.42 bits per heavy atom. The van der Waals surface area contributed by atoms with Crippen LogP contribution >= 0.6 is 11.6 Å². The molecule has 0 aliphatic rings. The highest BCUT2D eigenvalue weighted by atomic mass is 35.5. The summed E-state index contributed by atoms with van der Waals surface area (Å²) in [5, 5.41) is 16.1. The summed E-state index contributed by atoms with van der Waals surface area (Å²) in [5.74, 6) is 0.0894. The number of hydrogen-bond donors (Lipinski definition) is 2. The van der Waals surface area contributed by atoms with Crippen LogP contribution in [-0.2, 0) is 6.42 Å². The van der Waals surface area contributed by atoms with E-state index in [1.54, 1.807) is 11.9 Å². The number of amides is 1. The number of halogens is 1. The van der Waals surface area contributed by atoms with Gasteiger partial charge in [0.15, 0.2) is 5.82 Å². The van der Waals surface area contributed by atoms with E-state index in [1.165, 1.54) is 0 Å². The molecular weight excluding hydrogens is 326 g/mol. The summed E-state index contributed by atoms with van der Waals surface area (Å²) in [4.78, 5) is 14.2. The van der Waals surface area contributed by atoms with E-state index in [0.29, 0.717) is 41.2 Å². The van der Waals surface area contributed by atoms with E-state index < -0.39 is 0 Å². The lowest BCUT2D eigenvalue weighted by atomic mass is 10.1. The van der Waals surface area contributed by atoms with Crippen LogP contribution in [0, 0.1) is 25.2 Å². The first kappa shape index (κ1) is 17.8.